The van der Waals surface area contributed by atoms with Crippen LogP contribution in [0.4, 0.5) is 13.2 Å². The van der Waals surface area contributed by atoms with Gasteiger partial charge in [-0.05, 0) is 43.2 Å². The van der Waals surface area contributed by atoms with E-state index in [9.17, 15) is 26.4 Å². The molecule has 3 rings (SSSR count). The maximum Gasteiger partial charge on any atom is 0.416 e. The zero-order valence-electron chi connectivity index (χ0n) is 15.3. The van der Waals surface area contributed by atoms with Gasteiger partial charge in [0.1, 0.15) is 11.9 Å². The van der Waals surface area contributed by atoms with E-state index in [2.05, 4.69) is 15.0 Å². The predicted octanol–water partition coefficient (Wildman–Crippen LogP) is 2.49. The number of aliphatic imine (C=N–C) groups is 1. The van der Waals surface area contributed by atoms with Crippen molar-refractivity contribution in [2.45, 2.75) is 30.5 Å². The molecule has 1 atom stereocenters. The number of alkyl halides is 3. The van der Waals surface area contributed by atoms with Gasteiger partial charge in [0, 0.05) is 12.1 Å². The van der Waals surface area contributed by atoms with E-state index in [4.69, 9.17) is 0 Å². The Morgan fingerprint density at radius 3 is 2.45 bits per heavy atom. The van der Waals surface area contributed by atoms with E-state index in [0.29, 0.717) is 17.5 Å². The standard InChI is InChI=1S/C19H18F3N3O3S/c1-12(24-17-15-4-2-3-5-16(15)29(27,28)25-17)18(26)23-11-10-13-6-8-14(9-7-13)19(20,21)22/h2-9,12H,10-11H2,1H3,(H,23,26)(H,24,25). The molecule has 29 heavy (non-hydrogen) atoms. The second-order valence-corrected chi connectivity index (χ2v) is 8.14. The second kappa shape index (κ2) is 7.86. The highest BCUT2D eigenvalue weighted by Crippen LogP contribution is 2.29. The molecule has 0 aliphatic carbocycles. The van der Waals surface area contributed by atoms with Gasteiger partial charge in [0.15, 0.2) is 0 Å². The monoisotopic (exact) mass is 425 g/mol. The molecule has 1 aliphatic heterocycles. The third kappa shape index (κ3) is 4.76. The predicted molar refractivity (Wildman–Crippen MR) is 101 cm³/mol. The molecule has 2 N–H and O–H groups in total. The lowest BCUT2D eigenvalue weighted by Gasteiger charge is -2.11. The highest BCUT2D eigenvalue weighted by Gasteiger charge is 2.31. The van der Waals surface area contributed by atoms with Crippen LogP contribution >= 0.6 is 0 Å². The fraction of sp³-hybridized carbons (Fsp3) is 0.263. The van der Waals surface area contributed by atoms with Crippen molar-refractivity contribution in [2.75, 3.05) is 6.54 Å². The molecule has 0 fully saturated rings. The van der Waals surface area contributed by atoms with E-state index in [1.165, 1.54) is 25.1 Å². The minimum atomic E-state index is -4.39. The van der Waals surface area contributed by atoms with E-state index in [0.717, 1.165) is 12.1 Å². The third-order valence-corrected chi connectivity index (χ3v) is 5.76. The number of nitrogens with zero attached hydrogens (tertiary/aromatic N) is 1. The van der Waals surface area contributed by atoms with Crippen molar-refractivity contribution < 1.29 is 26.4 Å². The van der Waals surface area contributed by atoms with Gasteiger partial charge in [-0.2, -0.15) is 13.2 Å². The fourth-order valence-electron chi connectivity index (χ4n) is 2.82. The topological polar surface area (TPSA) is 87.6 Å². The maximum absolute atomic E-state index is 12.6. The maximum atomic E-state index is 12.6. The summed E-state index contributed by atoms with van der Waals surface area (Å²) in [6.45, 7) is 1.73. The number of hydrogen-bond donors (Lipinski definition) is 2. The number of benzene rings is 2. The largest absolute Gasteiger partial charge is 0.416 e. The lowest BCUT2D eigenvalue weighted by molar-refractivity contribution is -0.137. The summed E-state index contributed by atoms with van der Waals surface area (Å²) in [6.07, 6.45) is -4.04. The molecule has 0 saturated carbocycles. The van der Waals surface area contributed by atoms with Gasteiger partial charge in [0.2, 0.25) is 5.91 Å². The van der Waals surface area contributed by atoms with Gasteiger partial charge in [-0.1, -0.05) is 24.3 Å². The zero-order valence-corrected chi connectivity index (χ0v) is 16.1. The summed E-state index contributed by atoms with van der Waals surface area (Å²) in [5.41, 5.74) is 0.320. The van der Waals surface area contributed by atoms with Crippen LogP contribution in [0.5, 0.6) is 0 Å². The smallest absolute Gasteiger partial charge is 0.354 e. The molecule has 154 valence electrons. The fourth-order valence-corrected chi connectivity index (χ4v) is 4.06. The zero-order chi connectivity index (χ0) is 21.2. The molecule has 2 aromatic carbocycles. The highest BCUT2D eigenvalue weighted by atomic mass is 32.2. The van der Waals surface area contributed by atoms with Crippen LogP contribution in [0.25, 0.3) is 0 Å². The summed E-state index contributed by atoms with van der Waals surface area (Å²) in [6, 6.07) is 10.2. The van der Waals surface area contributed by atoms with Gasteiger partial charge in [0.25, 0.3) is 10.0 Å². The summed E-state index contributed by atoms with van der Waals surface area (Å²) >= 11 is 0. The van der Waals surface area contributed by atoms with Crippen LogP contribution in [-0.4, -0.2) is 32.7 Å². The van der Waals surface area contributed by atoms with Gasteiger partial charge < -0.3 is 5.32 Å². The Labute approximate surface area is 165 Å². The Kier molecular flexibility index (Phi) is 5.65. The van der Waals surface area contributed by atoms with Gasteiger partial charge in [0.05, 0.1) is 10.5 Å². The Morgan fingerprint density at radius 2 is 1.79 bits per heavy atom. The van der Waals surface area contributed by atoms with E-state index in [1.807, 2.05) is 0 Å². The van der Waals surface area contributed by atoms with Gasteiger partial charge in [-0.15, -0.1) is 0 Å². The van der Waals surface area contributed by atoms with Crippen molar-refractivity contribution in [3.63, 3.8) is 0 Å². The van der Waals surface area contributed by atoms with Gasteiger partial charge >= 0.3 is 6.18 Å². The van der Waals surface area contributed by atoms with Crippen molar-refractivity contribution in [3.05, 3.63) is 65.2 Å². The molecule has 0 radical (unpaired) electrons. The minimum absolute atomic E-state index is 0.103. The summed E-state index contributed by atoms with van der Waals surface area (Å²) in [5, 5.41) is 2.65. The molecule has 1 unspecified atom stereocenters. The number of fused-ring (bicyclic) bond motifs is 1. The number of sulfonamides is 1. The number of halogens is 3. The third-order valence-electron chi connectivity index (χ3n) is 4.36. The van der Waals surface area contributed by atoms with Crippen LogP contribution in [0.3, 0.4) is 0 Å². The molecular weight excluding hydrogens is 407 g/mol. The first-order valence-corrected chi connectivity index (χ1v) is 10.2. The van der Waals surface area contributed by atoms with Crippen molar-refractivity contribution >= 4 is 21.8 Å². The molecule has 0 aromatic heterocycles. The number of amides is 1. The molecule has 0 spiro atoms. The molecule has 1 heterocycles. The number of carbonyl (C=O) groups excluding carboxylic acids is 1. The molecule has 1 aliphatic rings. The summed E-state index contributed by atoms with van der Waals surface area (Å²) in [5.74, 6) is -0.320. The Morgan fingerprint density at radius 1 is 1.14 bits per heavy atom. The van der Waals surface area contributed by atoms with Crippen molar-refractivity contribution in [1.29, 1.82) is 0 Å². The van der Waals surface area contributed by atoms with E-state index < -0.39 is 33.7 Å². The van der Waals surface area contributed by atoms with E-state index in [1.54, 1.807) is 18.2 Å². The summed E-state index contributed by atoms with van der Waals surface area (Å²) < 4.78 is 64.2. The second-order valence-electron chi connectivity index (χ2n) is 6.49. The van der Waals surface area contributed by atoms with Crippen molar-refractivity contribution in [3.8, 4) is 0 Å². The first-order valence-electron chi connectivity index (χ1n) is 8.72. The van der Waals surface area contributed by atoms with Crippen LogP contribution in [0.15, 0.2) is 58.4 Å². The minimum Gasteiger partial charge on any atom is -0.354 e. The van der Waals surface area contributed by atoms with Crippen LogP contribution in [0.1, 0.15) is 23.6 Å². The van der Waals surface area contributed by atoms with Crippen LogP contribution in [0, 0.1) is 0 Å². The number of hydrogen-bond acceptors (Lipinski definition) is 4. The molecule has 6 nitrogen and oxygen atoms in total. The van der Waals surface area contributed by atoms with Crippen molar-refractivity contribution in [1.82, 2.24) is 10.0 Å². The molecule has 2 aromatic rings. The molecular formula is C19H18F3N3O3S. The number of nitrogens with one attached hydrogen (secondary N) is 2. The molecule has 0 bridgehead atoms. The quantitative estimate of drug-likeness (QED) is 0.772. The van der Waals surface area contributed by atoms with Crippen molar-refractivity contribution in [2.24, 2.45) is 4.99 Å². The highest BCUT2D eigenvalue weighted by molar-refractivity contribution is 7.90. The number of rotatable bonds is 5. The average Bonchev–Trinajstić information content (AvgIpc) is 2.92. The lowest BCUT2D eigenvalue weighted by atomic mass is 10.1. The Bertz CT molecular complexity index is 1050. The van der Waals surface area contributed by atoms with Crippen LogP contribution in [0.2, 0.25) is 0 Å². The average molecular weight is 425 g/mol. The van der Waals surface area contributed by atoms with Gasteiger partial charge in [-0.3, -0.25) is 14.5 Å². The number of amidine groups is 1. The van der Waals surface area contributed by atoms with Gasteiger partial charge in [-0.25, -0.2) is 8.42 Å². The van der Waals surface area contributed by atoms with E-state index in [-0.39, 0.29) is 17.3 Å². The van der Waals surface area contributed by atoms with Crippen LogP contribution < -0.4 is 10.0 Å². The van der Waals surface area contributed by atoms with E-state index >= 15 is 0 Å². The Balaban J connectivity index is 1.59. The first-order chi connectivity index (χ1) is 13.6. The van der Waals surface area contributed by atoms with Crippen LogP contribution in [-0.2, 0) is 27.4 Å². The lowest BCUT2D eigenvalue weighted by Crippen LogP contribution is -2.35. The molecule has 1 amide bonds. The Hall–Kier alpha value is -2.88. The molecule has 10 heteroatoms. The summed E-state index contributed by atoms with van der Waals surface area (Å²) in [4.78, 5) is 16.5. The SMILES string of the molecule is CC(N=C1NS(=O)(=O)c2ccccc21)C(=O)NCCc1ccc(C(F)(F)F)cc1. The number of carbonyl (C=O) groups is 1. The normalized spacial score (nSPS) is 17.4. The summed E-state index contributed by atoms with van der Waals surface area (Å²) in [7, 11) is -3.69. The molecule has 0 saturated heterocycles. The first kappa shape index (κ1) is 20.8.